The molecule has 112 valence electrons. The monoisotopic (exact) mass is 285 g/mol. The Kier molecular flexibility index (Phi) is 4.36. The number of aromatic nitrogens is 2. The maximum atomic E-state index is 10.2. The second-order valence-corrected chi connectivity index (χ2v) is 5.67. The highest BCUT2D eigenvalue weighted by atomic mass is 16.3. The molecule has 2 unspecified atom stereocenters. The van der Waals surface area contributed by atoms with E-state index >= 15 is 0 Å². The lowest BCUT2D eigenvalue weighted by Gasteiger charge is -2.19. The Bertz CT molecular complexity index is 579. The molecule has 21 heavy (non-hydrogen) atoms. The maximum absolute atomic E-state index is 10.2. The molecule has 1 saturated carbocycles. The highest BCUT2D eigenvalue weighted by molar-refractivity contribution is 5.63. The van der Waals surface area contributed by atoms with Gasteiger partial charge in [0.05, 0.1) is 24.0 Å². The number of hydrogen-bond acceptors (Lipinski definition) is 3. The quantitative estimate of drug-likeness (QED) is 0.888. The lowest BCUT2D eigenvalue weighted by molar-refractivity contribution is 0.131. The molecular formula is C17H23N3O. The summed E-state index contributed by atoms with van der Waals surface area (Å²) in [5, 5.41) is 18.2. The van der Waals surface area contributed by atoms with Crippen molar-refractivity contribution < 1.29 is 5.11 Å². The maximum Gasteiger partial charge on any atom is 0.0785 e. The van der Waals surface area contributed by atoms with E-state index in [1.165, 1.54) is 11.1 Å². The van der Waals surface area contributed by atoms with Crippen LogP contribution < -0.4 is 5.32 Å². The highest BCUT2D eigenvalue weighted by Crippen LogP contribution is 2.35. The highest BCUT2D eigenvalue weighted by Gasteiger charge is 2.30. The van der Waals surface area contributed by atoms with Crippen molar-refractivity contribution >= 4 is 0 Å². The summed E-state index contributed by atoms with van der Waals surface area (Å²) in [7, 11) is 0. The van der Waals surface area contributed by atoms with Crippen molar-refractivity contribution in [3.05, 3.63) is 42.1 Å². The van der Waals surface area contributed by atoms with Gasteiger partial charge in [-0.25, -0.2) is 0 Å². The molecular weight excluding hydrogens is 262 g/mol. The standard InChI is InChI=1S/C17H23N3O/c1-2-18-11-14-12-19-20(15-9-6-10-16(15)21)17(14)13-7-4-3-5-8-13/h3-5,7-8,12,15-16,18,21H,2,6,9-11H2,1H3. The van der Waals surface area contributed by atoms with Crippen LogP contribution in [0.5, 0.6) is 0 Å². The molecule has 1 aliphatic carbocycles. The lowest BCUT2D eigenvalue weighted by Crippen LogP contribution is -2.20. The molecule has 2 atom stereocenters. The Morgan fingerprint density at radius 2 is 2.10 bits per heavy atom. The number of aliphatic hydroxyl groups is 1. The summed E-state index contributed by atoms with van der Waals surface area (Å²) in [6.45, 7) is 3.85. The molecule has 0 radical (unpaired) electrons. The van der Waals surface area contributed by atoms with E-state index in [0.717, 1.165) is 38.0 Å². The van der Waals surface area contributed by atoms with E-state index in [-0.39, 0.29) is 12.1 Å². The minimum atomic E-state index is -0.278. The SMILES string of the molecule is CCNCc1cnn(C2CCCC2O)c1-c1ccccc1. The Hall–Kier alpha value is -1.65. The van der Waals surface area contributed by atoms with Gasteiger partial charge in [-0.15, -0.1) is 0 Å². The summed E-state index contributed by atoms with van der Waals surface area (Å²) in [6.07, 6.45) is 4.61. The number of nitrogens with one attached hydrogen (secondary N) is 1. The van der Waals surface area contributed by atoms with Gasteiger partial charge in [-0.2, -0.15) is 5.10 Å². The van der Waals surface area contributed by atoms with Gasteiger partial charge in [-0.05, 0) is 25.8 Å². The van der Waals surface area contributed by atoms with Crippen LogP contribution in [0.2, 0.25) is 0 Å². The van der Waals surface area contributed by atoms with Gasteiger partial charge >= 0.3 is 0 Å². The van der Waals surface area contributed by atoms with E-state index in [1.807, 2.05) is 16.9 Å². The Morgan fingerprint density at radius 1 is 1.29 bits per heavy atom. The molecule has 1 aromatic carbocycles. The number of benzene rings is 1. The van der Waals surface area contributed by atoms with E-state index in [4.69, 9.17) is 0 Å². The molecule has 1 heterocycles. The normalized spacial score (nSPS) is 21.8. The minimum absolute atomic E-state index is 0.107. The van der Waals surface area contributed by atoms with Crippen LogP contribution in [0.3, 0.4) is 0 Å². The first-order valence-electron chi connectivity index (χ1n) is 7.82. The molecule has 4 heteroatoms. The summed E-state index contributed by atoms with van der Waals surface area (Å²) in [5.74, 6) is 0. The van der Waals surface area contributed by atoms with Gasteiger partial charge in [-0.3, -0.25) is 4.68 Å². The molecule has 0 amide bonds. The largest absolute Gasteiger partial charge is 0.391 e. The van der Waals surface area contributed by atoms with Crippen molar-refractivity contribution in [2.45, 2.75) is 44.9 Å². The van der Waals surface area contributed by atoms with Crippen molar-refractivity contribution in [3.8, 4) is 11.3 Å². The first kappa shape index (κ1) is 14.3. The molecule has 2 N–H and O–H groups in total. The summed E-state index contributed by atoms with van der Waals surface area (Å²) >= 11 is 0. The van der Waals surface area contributed by atoms with Gasteiger partial charge in [0.1, 0.15) is 0 Å². The van der Waals surface area contributed by atoms with Gasteiger partial charge < -0.3 is 10.4 Å². The van der Waals surface area contributed by atoms with E-state index < -0.39 is 0 Å². The second kappa shape index (κ2) is 6.41. The number of rotatable bonds is 5. The topological polar surface area (TPSA) is 50.1 Å². The van der Waals surface area contributed by atoms with E-state index in [1.54, 1.807) is 0 Å². The van der Waals surface area contributed by atoms with Crippen LogP contribution in [0.15, 0.2) is 36.5 Å². The van der Waals surface area contributed by atoms with Crippen molar-refractivity contribution in [3.63, 3.8) is 0 Å². The van der Waals surface area contributed by atoms with Crippen molar-refractivity contribution in [2.75, 3.05) is 6.54 Å². The lowest BCUT2D eigenvalue weighted by atomic mass is 10.1. The van der Waals surface area contributed by atoms with E-state index in [9.17, 15) is 5.11 Å². The van der Waals surface area contributed by atoms with Gasteiger partial charge in [0, 0.05) is 17.7 Å². The van der Waals surface area contributed by atoms with Crippen LogP contribution in [0.25, 0.3) is 11.3 Å². The fourth-order valence-electron chi connectivity index (χ4n) is 3.16. The van der Waals surface area contributed by atoms with Crippen LogP contribution in [0, 0.1) is 0 Å². The zero-order valence-electron chi connectivity index (χ0n) is 12.5. The predicted molar refractivity (Wildman–Crippen MR) is 83.9 cm³/mol. The molecule has 3 rings (SSSR count). The van der Waals surface area contributed by atoms with Crippen molar-refractivity contribution in [1.29, 1.82) is 0 Å². The predicted octanol–water partition coefficient (Wildman–Crippen LogP) is 2.75. The van der Waals surface area contributed by atoms with Crippen LogP contribution in [-0.2, 0) is 6.54 Å². The molecule has 1 aliphatic rings. The Balaban J connectivity index is 2.02. The Morgan fingerprint density at radius 3 is 2.76 bits per heavy atom. The zero-order valence-corrected chi connectivity index (χ0v) is 12.5. The average molecular weight is 285 g/mol. The first-order valence-corrected chi connectivity index (χ1v) is 7.82. The number of nitrogens with zero attached hydrogens (tertiary/aromatic N) is 2. The molecule has 1 fully saturated rings. The molecule has 4 nitrogen and oxygen atoms in total. The zero-order chi connectivity index (χ0) is 14.7. The van der Waals surface area contributed by atoms with Gasteiger partial charge in [0.25, 0.3) is 0 Å². The summed E-state index contributed by atoms with van der Waals surface area (Å²) < 4.78 is 2.04. The molecule has 0 spiro atoms. The second-order valence-electron chi connectivity index (χ2n) is 5.67. The third kappa shape index (κ3) is 2.87. The molecule has 0 saturated heterocycles. The third-order valence-electron chi connectivity index (χ3n) is 4.24. The molecule has 0 aliphatic heterocycles. The van der Waals surface area contributed by atoms with E-state index in [2.05, 4.69) is 41.6 Å². The molecule has 1 aromatic heterocycles. The van der Waals surface area contributed by atoms with Gasteiger partial charge in [0.2, 0.25) is 0 Å². The van der Waals surface area contributed by atoms with Crippen LogP contribution in [-0.4, -0.2) is 27.5 Å². The molecule has 0 bridgehead atoms. The van der Waals surface area contributed by atoms with Crippen LogP contribution >= 0.6 is 0 Å². The first-order chi connectivity index (χ1) is 10.3. The molecule has 2 aromatic rings. The smallest absolute Gasteiger partial charge is 0.0785 e. The van der Waals surface area contributed by atoms with E-state index in [0.29, 0.717) is 0 Å². The van der Waals surface area contributed by atoms with Crippen LogP contribution in [0.4, 0.5) is 0 Å². The fourth-order valence-corrected chi connectivity index (χ4v) is 3.16. The van der Waals surface area contributed by atoms with Gasteiger partial charge in [-0.1, -0.05) is 37.3 Å². The van der Waals surface area contributed by atoms with Crippen molar-refractivity contribution in [1.82, 2.24) is 15.1 Å². The Labute approximate surface area is 125 Å². The van der Waals surface area contributed by atoms with Crippen LogP contribution in [0.1, 0.15) is 37.8 Å². The summed E-state index contributed by atoms with van der Waals surface area (Å²) in [4.78, 5) is 0. The summed E-state index contributed by atoms with van der Waals surface area (Å²) in [5.41, 5.74) is 3.51. The summed E-state index contributed by atoms with van der Waals surface area (Å²) in [6, 6.07) is 10.5. The van der Waals surface area contributed by atoms with Crippen molar-refractivity contribution in [2.24, 2.45) is 0 Å². The third-order valence-corrected chi connectivity index (χ3v) is 4.24. The fraction of sp³-hybridized carbons (Fsp3) is 0.471. The number of aliphatic hydroxyl groups excluding tert-OH is 1. The minimum Gasteiger partial charge on any atom is -0.391 e. The average Bonchev–Trinajstić information content (AvgIpc) is 3.11. The van der Waals surface area contributed by atoms with Gasteiger partial charge in [0.15, 0.2) is 0 Å². The number of hydrogen-bond donors (Lipinski definition) is 2.